The maximum absolute atomic E-state index is 12.2. The lowest BCUT2D eigenvalue weighted by Crippen LogP contribution is -2.22. The molecule has 0 aliphatic heterocycles. The van der Waals surface area contributed by atoms with Gasteiger partial charge in [0.2, 0.25) is 5.91 Å². The number of anilines is 1. The Morgan fingerprint density at radius 3 is 2.35 bits per heavy atom. The summed E-state index contributed by atoms with van der Waals surface area (Å²) in [4.78, 5) is 23.0. The monoisotopic (exact) mass is 295 g/mol. The lowest BCUT2D eigenvalue weighted by atomic mass is 9.99. The minimum atomic E-state index is -1.03. The van der Waals surface area contributed by atoms with Gasteiger partial charge in [-0.1, -0.05) is 37.3 Å². The maximum Gasteiger partial charge on any atom is 0.335 e. The second-order valence-electron chi connectivity index (χ2n) is 5.18. The number of hydrogen-bond donors (Lipinski definition) is 2. The van der Waals surface area contributed by atoms with Crippen LogP contribution in [-0.4, -0.2) is 17.0 Å². The Morgan fingerprint density at radius 1 is 1.15 bits per heavy atom. The highest BCUT2D eigenvalue weighted by Crippen LogP contribution is 2.27. The van der Waals surface area contributed by atoms with E-state index in [0.717, 1.165) is 25.7 Å². The van der Waals surface area contributed by atoms with Crippen LogP contribution in [0.2, 0.25) is 5.02 Å². The summed E-state index contributed by atoms with van der Waals surface area (Å²) in [6, 6.07) is 4.34. The minimum Gasteiger partial charge on any atom is -0.478 e. The molecular formula is C15H18ClNO3. The molecule has 0 radical (unpaired) electrons. The molecule has 1 amide bonds. The number of rotatable bonds is 3. The SMILES string of the molecule is O=C(O)c1ccc(NC(=O)C2CCCCCC2)c(Cl)c1. The Labute approximate surface area is 123 Å². The van der Waals surface area contributed by atoms with Crippen LogP contribution < -0.4 is 5.32 Å². The van der Waals surface area contributed by atoms with E-state index in [1.54, 1.807) is 6.07 Å². The standard InChI is InChI=1S/C15H18ClNO3/c16-12-9-11(15(19)20)7-8-13(12)17-14(18)10-5-3-1-2-4-6-10/h7-10H,1-6H2,(H,17,18)(H,19,20). The van der Waals surface area contributed by atoms with Crippen molar-refractivity contribution in [2.45, 2.75) is 38.5 Å². The fourth-order valence-electron chi connectivity index (χ4n) is 2.53. The lowest BCUT2D eigenvalue weighted by molar-refractivity contribution is -0.120. The van der Waals surface area contributed by atoms with Gasteiger partial charge in [0.05, 0.1) is 16.3 Å². The van der Waals surface area contributed by atoms with E-state index in [1.807, 2.05) is 0 Å². The van der Waals surface area contributed by atoms with Crippen molar-refractivity contribution >= 4 is 29.2 Å². The number of carbonyl (C=O) groups excluding carboxylic acids is 1. The van der Waals surface area contributed by atoms with E-state index in [4.69, 9.17) is 16.7 Å². The van der Waals surface area contributed by atoms with Crippen LogP contribution in [-0.2, 0) is 4.79 Å². The molecule has 0 spiro atoms. The zero-order valence-corrected chi connectivity index (χ0v) is 11.9. The summed E-state index contributed by atoms with van der Waals surface area (Å²) in [6.07, 6.45) is 6.39. The van der Waals surface area contributed by atoms with Crippen LogP contribution in [0.25, 0.3) is 0 Å². The average molecular weight is 296 g/mol. The number of carboxylic acids is 1. The molecule has 0 heterocycles. The summed E-state index contributed by atoms with van der Waals surface area (Å²) < 4.78 is 0. The Bertz CT molecular complexity index is 508. The van der Waals surface area contributed by atoms with Crippen LogP contribution in [0.1, 0.15) is 48.9 Å². The summed E-state index contributed by atoms with van der Waals surface area (Å²) in [5.41, 5.74) is 0.591. The number of carboxylic acid groups (broad SMARTS) is 1. The maximum atomic E-state index is 12.2. The van der Waals surface area contributed by atoms with Crippen LogP contribution in [0.15, 0.2) is 18.2 Å². The fraction of sp³-hybridized carbons (Fsp3) is 0.467. The summed E-state index contributed by atoms with van der Waals surface area (Å²) in [7, 11) is 0. The summed E-state index contributed by atoms with van der Waals surface area (Å²) in [5.74, 6) is -1.02. The fourth-order valence-corrected chi connectivity index (χ4v) is 2.75. The molecule has 1 aliphatic rings. The van der Waals surface area contributed by atoms with Gasteiger partial charge in [0.25, 0.3) is 0 Å². The molecule has 1 saturated carbocycles. The van der Waals surface area contributed by atoms with Gasteiger partial charge in [-0.15, -0.1) is 0 Å². The number of amides is 1. The van der Waals surface area contributed by atoms with E-state index in [1.165, 1.54) is 25.0 Å². The van der Waals surface area contributed by atoms with Gasteiger partial charge in [0, 0.05) is 5.92 Å². The highest BCUT2D eigenvalue weighted by molar-refractivity contribution is 6.34. The third-order valence-corrected chi connectivity index (χ3v) is 4.01. The first-order chi connectivity index (χ1) is 9.58. The van der Waals surface area contributed by atoms with Crippen molar-refractivity contribution in [2.75, 3.05) is 5.32 Å². The van der Waals surface area contributed by atoms with Crippen molar-refractivity contribution in [2.24, 2.45) is 5.92 Å². The predicted molar refractivity (Wildman–Crippen MR) is 78.2 cm³/mol. The molecule has 2 rings (SSSR count). The third kappa shape index (κ3) is 3.73. The van der Waals surface area contributed by atoms with Crippen LogP contribution in [0, 0.1) is 5.92 Å². The highest BCUT2D eigenvalue weighted by Gasteiger charge is 2.20. The van der Waals surface area contributed by atoms with Gasteiger partial charge in [-0.05, 0) is 31.0 Å². The Morgan fingerprint density at radius 2 is 1.80 bits per heavy atom. The molecule has 0 atom stereocenters. The molecule has 1 aliphatic carbocycles. The topological polar surface area (TPSA) is 66.4 Å². The minimum absolute atomic E-state index is 0.0168. The van der Waals surface area contributed by atoms with Gasteiger partial charge in [0.1, 0.15) is 0 Å². The molecule has 108 valence electrons. The van der Waals surface area contributed by atoms with E-state index < -0.39 is 5.97 Å². The molecule has 20 heavy (non-hydrogen) atoms. The molecule has 1 fully saturated rings. The zero-order chi connectivity index (χ0) is 14.5. The lowest BCUT2D eigenvalue weighted by Gasteiger charge is -2.15. The van der Waals surface area contributed by atoms with Gasteiger partial charge in [0.15, 0.2) is 0 Å². The predicted octanol–water partition coefficient (Wildman–Crippen LogP) is 3.95. The molecule has 1 aromatic rings. The molecule has 4 nitrogen and oxygen atoms in total. The van der Waals surface area contributed by atoms with Gasteiger partial charge in [-0.2, -0.15) is 0 Å². The number of nitrogens with one attached hydrogen (secondary N) is 1. The van der Waals surface area contributed by atoms with Crippen LogP contribution in [0.3, 0.4) is 0 Å². The Kier molecular flexibility index (Phi) is 5.01. The van der Waals surface area contributed by atoms with Crippen molar-refractivity contribution in [3.63, 3.8) is 0 Å². The van der Waals surface area contributed by atoms with E-state index in [9.17, 15) is 9.59 Å². The first-order valence-corrected chi connectivity index (χ1v) is 7.29. The number of hydrogen-bond acceptors (Lipinski definition) is 2. The molecule has 0 bridgehead atoms. The second-order valence-corrected chi connectivity index (χ2v) is 5.58. The van der Waals surface area contributed by atoms with Crippen molar-refractivity contribution in [3.8, 4) is 0 Å². The van der Waals surface area contributed by atoms with Crippen molar-refractivity contribution in [3.05, 3.63) is 28.8 Å². The van der Waals surface area contributed by atoms with E-state index in [0.29, 0.717) is 5.69 Å². The summed E-state index contributed by atoms with van der Waals surface area (Å²) in [5, 5.41) is 11.9. The largest absolute Gasteiger partial charge is 0.478 e. The molecule has 1 aromatic carbocycles. The third-order valence-electron chi connectivity index (χ3n) is 3.70. The normalized spacial score (nSPS) is 16.4. The molecule has 2 N–H and O–H groups in total. The zero-order valence-electron chi connectivity index (χ0n) is 11.2. The first-order valence-electron chi connectivity index (χ1n) is 6.91. The molecule has 0 aromatic heterocycles. The van der Waals surface area contributed by atoms with E-state index >= 15 is 0 Å². The second kappa shape index (κ2) is 6.75. The summed E-state index contributed by atoms with van der Waals surface area (Å²) >= 11 is 6.01. The smallest absolute Gasteiger partial charge is 0.335 e. The number of carbonyl (C=O) groups is 2. The molecule has 0 saturated heterocycles. The van der Waals surface area contributed by atoms with Gasteiger partial charge < -0.3 is 10.4 Å². The number of halogens is 1. The van der Waals surface area contributed by atoms with Crippen LogP contribution in [0.5, 0.6) is 0 Å². The Hall–Kier alpha value is -1.55. The van der Waals surface area contributed by atoms with Gasteiger partial charge in [-0.3, -0.25) is 4.79 Å². The molecule has 5 heteroatoms. The van der Waals surface area contributed by atoms with Gasteiger partial charge in [-0.25, -0.2) is 4.79 Å². The molecule has 0 unspecified atom stereocenters. The summed E-state index contributed by atoms with van der Waals surface area (Å²) in [6.45, 7) is 0. The Balaban J connectivity index is 2.05. The van der Waals surface area contributed by atoms with E-state index in [2.05, 4.69) is 5.32 Å². The van der Waals surface area contributed by atoms with Crippen molar-refractivity contribution in [1.29, 1.82) is 0 Å². The average Bonchev–Trinajstić information content (AvgIpc) is 2.69. The quantitative estimate of drug-likeness (QED) is 0.830. The van der Waals surface area contributed by atoms with Crippen molar-refractivity contribution in [1.82, 2.24) is 0 Å². The first kappa shape index (κ1) is 14.9. The van der Waals surface area contributed by atoms with Crippen molar-refractivity contribution < 1.29 is 14.7 Å². The number of benzene rings is 1. The van der Waals surface area contributed by atoms with E-state index in [-0.39, 0.29) is 22.4 Å². The number of aromatic carboxylic acids is 1. The molecular weight excluding hydrogens is 278 g/mol. The van der Waals surface area contributed by atoms with Crippen LogP contribution >= 0.6 is 11.6 Å². The van der Waals surface area contributed by atoms with Crippen LogP contribution in [0.4, 0.5) is 5.69 Å². The van der Waals surface area contributed by atoms with Gasteiger partial charge >= 0.3 is 5.97 Å². The highest BCUT2D eigenvalue weighted by atomic mass is 35.5.